The zero-order valence-electron chi connectivity index (χ0n) is 12.3. The first-order chi connectivity index (χ1) is 9.58. The number of nitrogens with zero attached hydrogens (tertiary/aromatic N) is 2. The van der Waals surface area contributed by atoms with Gasteiger partial charge in [0.25, 0.3) is 5.91 Å². The maximum absolute atomic E-state index is 12.2. The SMILES string of the molecule is CC(C)OCC(=O)N1CCN(C(=O)C2CCCO2)CC1. The van der Waals surface area contributed by atoms with Crippen molar-refractivity contribution in [2.24, 2.45) is 0 Å². The quantitative estimate of drug-likeness (QED) is 0.743. The fourth-order valence-corrected chi connectivity index (χ4v) is 2.48. The number of piperazine rings is 1. The lowest BCUT2D eigenvalue weighted by molar-refractivity contribution is -0.147. The Kier molecular flexibility index (Phi) is 5.37. The van der Waals surface area contributed by atoms with Crippen LogP contribution in [0.15, 0.2) is 0 Å². The molecular formula is C14H24N2O4. The Morgan fingerprint density at radius 1 is 1.20 bits per heavy atom. The molecule has 0 aromatic rings. The van der Waals surface area contributed by atoms with Gasteiger partial charge in [-0.3, -0.25) is 9.59 Å². The first kappa shape index (κ1) is 15.3. The van der Waals surface area contributed by atoms with Crippen LogP contribution in [0.2, 0.25) is 0 Å². The summed E-state index contributed by atoms with van der Waals surface area (Å²) >= 11 is 0. The molecule has 2 amide bonds. The Morgan fingerprint density at radius 2 is 1.85 bits per heavy atom. The van der Waals surface area contributed by atoms with Crippen LogP contribution < -0.4 is 0 Å². The summed E-state index contributed by atoms with van der Waals surface area (Å²) in [6.45, 7) is 6.96. The average Bonchev–Trinajstić information content (AvgIpc) is 2.98. The standard InChI is InChI=1S/C14H24N2O4/c1-11(2)20-10-13(17)15-5-7-16(8-6-15)14(18)12-4-3-9-19-12/h11-12H,3-10H2,1-2H3. The van der Waals surface area contributed by atoms with E-state index in [1.54, 1.807) is 4.90 Å². The molecule has 0 radical (unpaired) electrons. The minimum absolute atomic E-state index is 0.00270. The highest BCUT2D eigenvalue weighted by atomic mass is 16.5. The third kappa shape index (κ3) is 3.93. The highest BCUT2D eigenvalue weighted by molar-refractivity contribution is 5.82. The summed E-state index contributed by atoms with van der Waals surface area (Å²) in [6.07, 6.45) is 1.57. The third-order valence-electron chi connectivity index (χ3n) is 3.69. The van der Waals surface area contributed by atoms with Crippen LogP contribution in [-0.2, 0) is 19.1 Å². The fraction of sp³-hybridized carbons (Fsp3) is 0.857. The van der Waals surface area contributed by atoms with Gasteiger partial charge in [-0.05, 0) is 26.7 Å². The summed E-state index contributed by atoms with van der Waals surface area (Å²) in [6, 6.07) is 0. The van der Waals surface area contributed by atoms with E-state index in [9.17, 15) is 9.59 Å². The zero-order valence-corrected chi connectivity index (χ0v) is 12.3. The smallest absolute Gasteiger partial charge is 0.251 e. The molecular weight excluding hydrogens is 260 g/mol. The highest BCUT2D eigenvalue weighted by Crippen LogP contribution is 2.16. The van der Waals surface area contributed by atoms with Crippen LogP contribution in [0.25, 0.3) is 0 Å². The summed E-state index contributed by atoms with van der Waals surface area (Å²) in [5.41, 5.74) is 0. The predicted octanol–water partition coefficient (Wildman–Crippen LogP) is 0.261. The van der Waals surface area contributed by atoms with Crippen molar-refractivity contribution in [2.45, 2.75) is 38.9 Å². The van der Waals surface area contributed by atoms with E-state index in [1.807, 2.05) is 18.7 Å². The number of hydrogen-bond donors (Lipinski definition) is 0. The van der Waals surface area contributed by atoms with E-state index >= 15 is 0 Å². The maximum atomic E-state index is 12.2. The highest BCUT2D eigenvalue weighted by Gasteiger charge is 2.31. The lowest BCUT2D eigenvalue weighted by atomic mass is 10.2. The van der Waals surface area contributed by atoms with Gasteiger partial charge in [0.15, 0.2) is 0 Å². The minimum Gasteiger partial charge on any atom is -0.369 e. The summed E-state index contributed by atoms with van der Waals surface area (Å²) in [7, 11) is 0. The number of carbonyl (C=O) groups is 2. The molecule has 2 fully saturated rings. The first-order valence-corrected chi connectivity index (χ1v) is 7.37. The molecule has 20 heavy (non-hydrogen) atoms. The molecule has 6 nitrogen and oxygen atoms in total. The summed E-state index contributed by atoms with van der Waals surface area (Å²) in [5, 5.41) is 0. The van der Waals surface area contributed by atoms with Gasteiger partial charge in [-0.15, -0.1) is 0 Å². The van der Waals surface area contributed by atoms with Gasteiger partial charge in [0, 0.05) is 32.8 Å². The zero-order chi connectivity index (χ0) is 14.5. The van der Waals surface area contributed by atoms with Crippen LogP contribution in [-0.4, -0.2) is 73.2 Å². The molecule has 6 heteroatoms. The van der Waals surface area contributed by atoms with E-state index in [2.05, 4.69) is 0 Å². The molecule has 0 N–H and O–H groups in total. The molecule has 2 aliphatic rings. The normalized spacial score (nSPS) is 23.4. The van der Waals surface area contributed by atoms with Gasteiger partial charge < -0.3 is 19.3 Å². The third-order valence-corrected chi connectivity index (χ3v) is 3.69. The van der Waals surface area contributed by atoms with Gasteiger partial charge in [-0.1, -0.05) is 0 Å². The maximum Gasteiger partial charge on any atom is 0.251 e. The van der Waals surface area contributed by atoms with Crippen molar-refractivity contribution >= 4 is 11.8 Å². The van der Waals surface area contributed by atoms with Crippen molar-refractivity contribution in [1.29, 1.82) is 0 Å². The van der Waals surface area contributed by atoms with E-state index in [1.165, 1.54) is 0 Å². The van der Waals surface area contributed by atoms with Crippen molar-refractivity contribution in [3.63, 3.8) is 0 Å². The van der Waals surface area contributed by atoms with E-state index in [0.29, 0.717) is 32.8 Å². The molecule has 0 bridgehead atoms. The van der Waals surface area contributed by atoms with E-state index in [4.69, 9.17) is 9.47 Å². The second-order valence-electron chi connectivity index (χ2n) is 5.57. The topological polar surface area (TPSA) is 59.1 Å². The average molecular weight is 284 g/mol. The molecule has 0 aliphatic carbocycles. The molecule has 2 aliphatic heterocycles. The Bertz CT molecular complexity index is 345. The van der Waals surface area contributed by atoms with Crippen molar-refractivity contribution in [2.75, 3.05) is 39.4 Å². The van der Waals surface area contributed by atoms with Gasteiger partial charge in [-0.2, -0.15) is 0 Å². The lowest BCUT2D eigenvalue weighted by Crippen LogP contribution is -2.53. The Labute approximate surface area is 120 Å². The van der Waals surface area contributed by atoms with Gasteiger partial charge in [0.1, 0.15) is 12.7 Å². The molecule has 1 unspecified atom stereocenters. The van der Waals surface area contributed by atoms with Crippen molar-refractivity contribution in [3.8, 4) is 0 Å². The number of carbonyl (C=O) groups excluding carboxylic acids is 2. The molecule has 2 rings (SSSR count). The minimum atomic E-state index is -0.262. The fourth-order valence-electron chi connectivity index (χ4n) is 2.48. The molecule has 114 valence electrons. The second kappa shape index (κ2) is 7.04. The number of amides is 2. The first-order valence-electron chi connectivity index (χ1n) is 7.37. The summed E-state index contributed by atoms with van der Waals surface area (Å²) in [4.78, 5) is 27.6. The van der Waals surface area contributed by atoms with Gasteiger partial charge >= 0.3 is 0 Å². The Hall–Kier alpha value is -1.14. The van der Waals surface area contributed by atoms with Crippen molar-refractivity contribution in [1.82, 2.24) is 9.80 Å². The second-order valence-corrected chi connectivity index (χ2v) is 5.57. The van der Waals surface area contributed by atoms with E-state index in [-0.39, 0.29) is 30.6 Å². The van der Waals surface area contributed by atoms with Crippen molar-refractivity contribution < 1.29 is 19.1 Å². The molecule has 2 heterocycles. The van der Waals surface area contributed by atoms with Crippen LogP contribution in [0.3, 0.4) is 0 Å². The van der Waals surface area contributed by atoms with Gasteiger partial charge in [0.2, 0.25) is 5.91 Å². The van der Waals surface area contributed by atoms with Crippen LogP contribution in [0, 0.1) is 0 Å². The van der Waals surface area contributed by atoms with Gasteiger partial charge in [-0.25, -0.2) is 0 Å². The molecule has 1 atom stereocenters. The summed E-state index contributed by atoms with van der Waals surface area (Å²) in [5.74, 6) is 0.0796. The lowest BCUT2D eigenvalue weighted by Gasteiger charge is -2.35. The monoisotopic (exact) mass is 284 g/mol. The van der Waals surface area contributed by atoms with Gasteiger partial charge in [0.05, 0.1) is 6.10 Å². The van der Waals surface area contributed by atoms with E-state index in [0.717, 1.165) is 12.8 Å². The Balaban J connectivity index is 1.74. The number of hydrogen-bond acceptors (Lipinski definition) is 4. The summed E-state index contributed by atoms with van der Waals surface area (Å²) < 4.78 is 10.7. The Morgan fingerprint density at radius 3 is 2.40 bits per heavy atom. The van der Waals surface area contributed by atoms with Crippen LogP contribution in [0.5, 0.6) is 0 Å². The van der Waals surface area contributed by atoms with Crippen LogP contribution >= 0.6 is 0 Å². The molecule has 2 saturated heterocycles. The largest absolute Gasteiger partial charge is 0.369 e. The molecule has 0 spiro atoms. The van der Waals surface area contributed by atoms with E-state index < -0.39 is 0 Å². The predicted molar refractivity (Wildman–Crippen MR) is 73.2 cm³/mol. The molecule has 0 saturated carbocycles. The molecule has 0 aromatic carbocycles. The van der Waals surface area contributed by atoms with Crippen molar-refractivity contribution in [3.05, 3.63) is 0 Å². The van der Waals surface area contributed by atoms with Crippen LogP contribution in [0.4, 0.5) is 0 Å². The number of ether oxygens (including phenoxy) is 2. The number of rotatable bonds is 4. The molecule has 0 aromatic heterocycles. The van der Waals surface area contributed by atoms with Crippen LogP contribution in [0.1, 0.15) is 26.7 Å².